The second kappa shape index (κ2) is 7.86. The van der Waals surface area contributed by atoms with Crippen LogP contribution in [0.15, 0.2) is 54.9 Å². The molecule has 2 aliphatic rings. The molecule has 2 aromatic carbocycles. The smallest absolute Gasteiger partial charge is 0.303 e. The van der Waals surface area contributed by atoms with Crippen LogP contribution in [-0.4, -0.2) is 32.4 Å². The molecule has 1 saturated carbocycles. The molecule has 1 aromatic heterocycles. The first-order valence-corrected chi connectivity index (χ1v) is 10.9. The fourth-order valence-corrected chi connectivity index (χ4v) is 4.92. The van der Waals surface area contributed by atoms with Gasteiger partial charge in [-0.2, -0.15) is 0 Å². The van der Waals surface area contributed by atoms with Gasteiger partial charge in [-0.05, 0) is 62.3 Å². The van der Waals surface area contributed by atoms with Crippen LogP contribution < -0.4 is 0 Å². The lowest BCUT2D eigenvalue weighted by Gasteiger charge is -2.35. The van der Waals surface area contributed by atoms with Crippen LogP contribution in [0.25, 0.3) is 22.4 Å². The number of hydrogen-bond donors (Lipinski definition) is 1. The summed E-state index contributed by atoms with van der Waals surface area (Å²) >= 11 is 0. The number of aryl methyl sites for hydroxylation is 1. The third-order valence-electron chi connectivity index (χ3n) is 6.58. The zero-order valence-electron chi connectivity index (χ0n) is 17.9. The molecule has 1 aliphatic heterocycles. The van der Waals surface area contributed by atoms with Gasteiger partial charge in [-0.15, -0.1) is 0 Å². The number of fused-ring (bicyclic) bond motifs is 1. The second-order valence-corrected chi connectivity index (χ2v) is 8.80. The maximum Gasteiger partial charge on any atom is 0.303 e. The van der Waals surface area contributed by atoms with E-state index in [2.05, 4.69) is 9.97 Å². The van der Waals surface area contributed by atoms with Gasteiger partial charge in [0.1, 0.15) is 5.76 Å². The number of ketones is 1. The minimum absolute atomic E-state index is 0.00822. The number of carboxylic acid groups (broad SMARTS) is 1. The number of Topliss-reactive ketones (excluding diaryl/α,β-unsaturated/α-hetero) is 1. The Balaban J connectivity index is 1.57. The molecule has 6 heteroatoms. The van der Waals surface area contributed by atoms with Gasteiger partial charge in [0.15, 0.2) is 5.60 Å². The fourth-order valence-electron chi connectivity index (χ4n) is 4.92. The molecule has 6 nitrogen and oxygen atoms in total. The first kappa shape index (κ1) is 20.4. The predicted molar refractivity (Wildman–Crippen MR) is 121 cm³/mol. The van der Waals surface area contributed by atoms with Crippen LogP contribution in [-0.2, 0) is 14.3 Å². The van der Waals surface area contributed by atoms with Crippen molar-refractivity contribution in [3.05, 3.63) is 71.5 Å². The average Bonchev–Trinajstić information content (AvgIpc) is 3.07. The van der Waals surface area contributed by atoms with E-state index in [0.29, 0.717) is 37.0 Å². The molecule has 1 fully saturated rings. The molecule has 32 heavy (non-hydrogen) atoms. The zero-order chi connectivity index (χ0) is 22.3. The fraction of sp³-hybridized carbons (Fsp3) is 0.308. The lowest BCUT2D eigenvalue weighted by molar-refractivity contribution is -0.139. The number of aliphatic carboxylic acids is 1. The maximum absolute atomic E-state index is 13.8. The number of hydrogen-bond acceptors (Lipinski definition) is 5. The van der Waals surface area contributed by atoms with Crippen molar-refractivity contribution in [3.8, 4) is 0 Å². The summed E-state index contributed by atoms with van der Waals surface area (Å²) < 4.78 is 6.53. The van der Waals surface area contributed by atoms with Crippen molar-refractivity contribution in [1.29, 1.82) is 0 Å². The maximum atomic E-state index is 13.8. The molecule has 0 bridgehead atoms. The Hall–Kier alpha value is -3.54. The number of carboxylic acids is 1. The number of aromatic nitrogens is 2. The highest BCUT2D eigenvalue weighted by molar-refractivity contribution is 6.33. The molecule has 162 valence electrons. The molecule has 0 saturated heterocycles. The molecule has 0 unspecified atom stereocenters. The van der Waals surface area contributed by atoms with Crippen LogP contribution in [0.2, 0.25) is 0 Å². The van der Waals surface area contributed by atoms with Crippen LogP contribution >= 0.6 is 0 Å². The number of carbonyl (C=O) groups is 2. The number of benzene rings is 2. The third kappa shape index (κ3) is 3.55. The van der Waals surface area contributed by atoms with E-state index in [1.807, 2.05) is 49.4 Å². The summed E-state index contributed by atoms with van der Waals surface area (Å²) in [7, 11) is 0. The molecule has 1 aliphatic carbocycles. The summed E-state index contributed by atoms with van der Waals surface area (Å²) in [6.07, 6.45) is 5.81. The van der Waals surface area contributed by atoms with Crippen LogP contribution in [0.5, 0.6) is 0 Å². The highest BCUT2D eigenvalue weighted by Crippen LogP contribution is 2.49. The van der Waals surface area contributed by atoms with Gasteiger partial charge in [-0.1, -0.05) is 29.8 Å². The molecular weight excluding hydrogens is 404 g/mol. The standard InChI is InChI=1S/C26H24N2O4/c1-16-3-2-4-18(13-16)23-24(19-5-6-20-21(15-19)28-12-11-27-20)32-26(25(23)31)9-7-17(8-10-26)14-22(29)30/h2-6,11-13,15,17H,7-10,14H2,1H3,(H,29,30). The molecule has 1 spiro atoms. The number of carbonyl (C=O) groups excluding carboxylic acids is 1. The topological polar surface area (TPSA) is 89.4 Å². The molecule has 1 N–H and O–H groups in total. The van der Waals surface area contributed by atoms with Gasteiger partial charge in [0, 0.05) is 24.4 Å². The first-order chi connectivity index (χ1) is 15.4. The van der Waals surface area contributed by atoms with Gasteiger partial charge in [0.25, 0.3) is 0 Å². The Labute approximate surface area is 186 Å². The van der Waals surface area contributed by atoms with E-state index in [0.717, 1.165) is 27.7 Å². The van der Waals surface area contributed by atoms with Gasteiger partial charge in [0.2, 0.25) is 5.78 Å². The molecule has 0 radical (unpaired) electrons. The second-order valence-electron chi connectivity index (χ2n) is 8.80. The quantitative estimate of drug-likeness (QED) is 0.641. The van der Waals surface area contributed by atoms with E-state index < -0.39 is 11.6 Å². The monoisotopic (exact) mass is 428 g/mol. The summed E-state index contributed by atoms with van der Waals surface area (Å²) in [6.45, 7) is 2.00. The Morgan fingerprint density at radius 2 is 1.81 bits per heavy atom. The number of ether oxygens (including phenoxy) is 1. The van der Waals surface area contributed by atoms with Crippen LogP contribution in [0, 0.1) is 12.8 Å². The summed E-state index contributed by atoms with van der Waals surface area (Å²) in [5.41, 5.74) is 3.89. The van der Waals surface area contributed by atoms with E-state index in [1.54, 1.807) is 12.4 Å². The van der Waals surface area contributed by atoms with E-state index >= 15 is 0 Å². The van der Waals surface area contributed by atoms with E-state index in [4.69, 9.17) is 9.84 Å². The molecular formula is C26H24N2O4. The average molecular weight is 428 g/mol. The normalized spacial score (nSPS) is 23.0. The minimum atomic E-state index is -0.930. The Morgan fingerprint density at radius 3 is 2.53 bits per heavy atom. The highest BCUT2D eigenvalue weighted by atomic mass is 16.5. The highest BCUT2D eigenvalue weighted by Gasteiger charge is 2.51. The van der Waals surface area contributed by atoms with Crippen molar-refractivity contribution in [2.45, 2.75) is 44.6 Å². The van der Waals surface area contributed by atoms with Crippen molar-refractivity contribution >= 4 is 34.1 Å². The van der Waals surface area contributed by atoms with Crippen molar-refractivity contribution in [3.63, 3.8) is 0 Å². The Morgan fingerprint density at radius 1 is 1.06 bits per heavy atom. The van der Waals surface area contributed by atoms with Crippen molar-refractivity contribution < 1.29 is 19.4 Å². The molecule has 3 aromatic rings. The van der Waals surface area contributed by atoms with Gasteiger partial charge in [-0.25, -0.2) is 0 Å². The summed E-state index contributed by atoms with van der Waals surface area (Å²) in [6, 6.07) is 13.6. The van der Waals surface area contributed by atoms with Gasteiger partial charge >= 0.3 is 5.97 Å². The molecule has 0 amide bonds. The molecule has 2 heterocycles. The van der Waals surface area contributed by atoms with Crippen LogP contribution in [0.1, 0.15) is 48.8 Å². The van der Waals surface area contributed by atoms with Gasteiger partial charge < -0.3 is 9.84 Å². The van der Waals surface area contributed by atoms with Crippen molar-refractivity contribution in [2.24, 2.45) is 5.92 Å². The summed E-state index contributed by atoms with van der Waals surface area (Å²) in [5, 5.41) is 9.15. The lowest BCUT2D eigenvalue weighted by atomic mass is 9.74. The minimum Gasteiger partial charge on any atom is -0.481 e. The van der Waals surface area contributed by atoms with Crippen molar-refractivity contribution in [1.82, 2.24) is 9.97 Å². The third-order valence-corrected chi connectivity index (χ3v) is 6.58. The van der Waals surface area contributed by atoms with E-state index in [-0.39, 0.29) is 18.1 Å². The lowest BCUT2D eigenvalue weighted by Crippen LogP contribution is -2.41. The SMILES string of the molecule is Cc1cccc(C2=C(c3ccc4nccnc4c3)OC3(CCC(CC(=O)O)CC3)C2=O)c1. The van der Waals surface area contributed by atoms with Gasteiger partial charge in [0.05, 0.1) is 16.6 Å². The van der Waals surface area contributed by atoms with Crippen LogP contribution in [0.3, 0.4) is 0 Å². The summed E-state index contributed by atoms with van der Waals surface area (Å²) in [4.78, 5) is 33.7. The number of nitrogens with zero attached hydrogens (tertiary/aromatic N) is 2. The predicted octanol–water partition coefficient (Wildman–Crippen LogP) is 4.81. The Kier molecular flexibility index (Phi) is 5.00. The number of rotatable bonds is 4. The van der Waals surface area contributed by atoms with E-state index in [1.165, 1.54) is 0 Å². The molecule has 5 rings (SSSR count). The zero-order valence-corrected chi connectivity index (χ0v) is 17.9. The summed E-state index contributed by atoms with van der Waals surface area (Å²) in [5.74, 6) is -0.144. The molecule has 0 atom stereocenters. The van der Waals surface area contributed by atoms with E-state index in [9.17, 15) is 9.59 Å². The largest absolute Gasteiger partial charge is 0.481 e. The Bertz CT molecular complexity index is 1260. The van der Waals surface area contributed by atoms with Gasteiger partial charge in [-0.3, -0.25) is 19.6 Å². The van der Waals surface area contributed by atoms with Crippen LogP contribution in [0.4, 0.5) is 0 Å². The first-order valence-electron chi connectivity index (χ1n) is 10.9. The van der Waals surface area contributed by atoms with Crippen molar-refractivity contribution in [2.75, 3.05) is 0 Å².